The van der Waals surface area contributed by atoms with Crippen molar-refractivity contribution in [1.82, 2.24) is 24.5 Å². The summed E-state index contributed by atoms with van der Waals surface area (Å²) in [6, 6.07) is 12.0. The Morgan fingerprint density at radius 3 is 2.69 bits per heavy atom. The number of imidazole rings is 1. The van der Waals surface area contributed by atoms with Gasteiger partial charge in [-0.25, -0.2) is 18.9 Å². The SMILES string of the molecule is CN(C)CCN(C)c1ccc(Nc2ncc3ncc(-c4cccc(F)c4)n3n2)cc1C=CC(N)=O. The first-order chi connectivity index (χ1) is 16.8. The van der Waals surface area contributed by atoms with Gasteiger partial charge in [0, 0.05) is 48.7 Å². The van der Waals surface area contributed by atoms with Gasteiger partial charge in [-0.3, -0.25) is 4.79 Å². The molecular formula is C25H27FN8O. The number of amides is 1. The van der Waals surface area contributed by atoms with Gasteiger partial charge in [-0.2, -0.15) is 0 Å². The van der Waals surface area contributed by atoms with Crippen LogP contribution in [0.4, 0.5) is 21.7 Å². The zero-order valence-corrected chi connectivity index (χ0v) is 19.8. The Hall–Kier alpha value is -4.31. The maximum absolute atomic E-state index is 13.7. The average molecular weight is 475 g/mol. The second-order valence-electron chi connectivity index (χ2n) is 8.36. The van der Waals surface area contributed by atoms with Crippen molar-refractivity contribution in [2.75, 3.05) is 44.4 Å². The number of carbonyl (C=O) groups excluding carboxylic acids is 1. The van der Waals surface area contributed by atoms with E-state index in [4.69, 9.17) is 5.73 Å². The fourth-order valence-electron chi connectivity index (χ4n) is 3.58. The molecule has 1 amide bonds. The number of rotatable bonds is 9. The highest BCUT2D eigenvalue weighted by molar-refractivity contribution is 5.91. The van der Waals surface area contributed by atoms with Gasteiger partial charge in [0.25, 0.3) is 0 Å². The molecule has 2 aromatic heterocycles. The topological polar surface area (TPSA) is 105 Å². The minimum Gasteiger partial charge on any atom is -0.373 e. The lowest BCUT2D eigenvalue weighted by Gasteiger charge is -2.24. The van der Waals surface area contributed by atoms with E-state index in [-0.39, 0.29) is 5.82 Å². The Labute approximate surface area is 202 Å². The molecule has 0 aliphatic heterocycles. The molecule has 2 heterocycles. The third kappa shape index (κ3) is 5.79. The minimum atomic E-state index is -0.524. The summed E-state index contributed by atoms with van der Waals surface area (Å²) >= 11 is 0. The highest BCUT2D eigenvalue weighted by Crippen LogP contribution is 2.27. The Balaban J connectivity index is 1.65. The highest BCUT2D eigenvalue weighted by atomic mass is 19.1. The summed E-state index contributed by atoms with van der Waals surface area (Å²) in [6.07, 6.45) is 6.25. The number of likely N-dealkylation sites (N-methyl/N-ethyl adjacent to an activating group) is 2. The molecule has 0 radical (unpaired) electrons. The monoisotopic (exact) mass is 474 g/mol. The number of fused-ring (bicyclic) bond motifs is 1. The van der Waals surface area contributed by atoms with E-state index in [0.29, 0.717) is 22.9 Å². The van der Waals surface area contributed by atoms with Gasteiger partial charge < -0.3 is 20.9 Å². The normalized spacial score (nSPS) is 11.5. The molecule has 0 fully saturated rings. The molecule has 2 aromatic carbocycles. The van der Waals surface area contributed by atoms with E-state index < -0.39 is 5.91 Å². The van der Waals surface area contributed by atoms with E-state index in [1.54, 1.807) is 35.1 Å². The van der Waals surface area contributed by atoms with Crippen LogP contribution in [0.2, 0.25) is 0 Å². The van der Waals surface area contributed by atoms with Gasteiger partial charge in [0.15, 0.2) is 5.65 Å². The number of nitrogens with zero attached hydrogens (tertiary/aromatic N) is 6. The summed E-state index contributed by atoms with van der Waals surface area (Å²) in [5.74, 6) is -0.521. The van der Waals surface area contributed by atoms with Crippen molar-refractivity contribution < 1.29 is 9.18 Å². The summed E-state index contributed by atoms with van der Waals surface area (Å²) in [7, 11) is 6.04. The molecule has 180 valence electrons. The molecule has 0 atom stereocenters. The summed E-state index contributed by atoms with van der Waals surface area (Å²) in [4.78, 5) is 24.2. The molecule has 4 aromatic rings. The number of halogens is 1. The molecule has 4 rings (SSSR count). The molecule has 0 spiro atoms. The number of primary amides is 1. The lowest BCUT2D eigenvalue weighted by molar-refractivity contribution is -0.113. The predicted molar refractivity (Wildman–Crippen MR) is 136 cm³/mol. The number of carbonyl (C=O) groups is 1. The van der Waals surface area contributed by atoms with Crippen molar-refractivity contribution in [1.29, 1.82) is 0 Å². The summed E-state index contributed by atoms with van der Waals surface area (Å²) in [6.45, 7) is 1.68. The molecule has 0 aliphatic rings. The van der Waals surface area contributed by atoms with E-state index in [0.717, 1.165) is 30.0 Å². The van der Waals surface area contributed by atoms with Crippen LogP contribution in [-0.2, 0) is 4.79 Å². The second-order valence-corrected chi connectivity index (χ2v) is 8.36. The van der Waals surface area contributed by atoms with Crippen LogP contribution >= 0.6 is 0 Å². The molecule has 0 unspecified atom stereocenters. The molecule has 0 saturated heterocycles. The number of nitrogens with two attached hydrogens (primary N) is 1. The Morgan fingerprint density at radius 1 is 1.11 bits per heavy atom. The third-order valence-electron chi connectivity index (χ3n) is 5.39. The Kier molecular flexibility index (Phi) is 7.02. The number of aromatic nitrogens is 4. The fourth-order valence-corrected chi connectivity index (χ4v) is 3.58. The minimum absolute atomic E-state index is 0.336. The Morgan fingerprint density at radius 2 is 1.94 bits per heavy atom. The molecule has 35 heavy (non-hydrogen) atoms. The van der Waals surface area contributed by atoms with Gasteiger partial charge >= 0.3 is 0 Å². The van der Waals surface area contributed by atoms with Crippen molar-refractivity contribution in [2.24, 2.45) is 5.73 Å². The van der Waals surface area contributed by atoms with Crippen LogP contribution < -0.4 is 16.0 Å². The van der Waals surface area contributed by atoms with Gasteiger partial charge in [-0.05, 0) is 50.5 Å². The first kappa shape index (κ1) is 23.8. The van der Waals surface area contributed by atoms with Crippen LogP contribution in [0.25, 0.3) is 23.0 Å². The second kappa shape index (κ2) is 10.3. The standard InChI is InChI=1S/C25H27FN8O/c1-32(2)11-12-33(3)21-9-8-20(14-18(21)7-10-23(27)35)30-25-29-16-24-28-15-22(34(24)31-25)17-5-4-6-19(26)13-17/h4-10,13-16H,11-12H2,1-3H3,(H2,27,35)(H,30,31). The Bertz CT molecular complexity index is 1380. The van der Waals surface area contributed by atoms with E-state index in [1.165, 1.54) is 18.2 Å². The number of hydrogen-bond acceptors (Lipinski definition) is 7. The fraction of sp³-hybridized carbons (Fsp3) is 0.200. The molecule has 0 saturated carbocycles. The zero-order chi connectivity index (χ0) is 24.9. The number of benzene rings is 2. The zero-order valence-electron chi connectivity index (χ0n) is 19.8. The lowest BCUT2D eigenvalue weighted by atomic mass is 10.1. The molecule has 0 bridgehead atoms. The maximum Gasteiger partial charge on any atom is 0.245 e. The predicted octanol–water partition coefficient (Wildman–Crippen LogP) is 3.17. The maximum atomic E-state index is 13.7. The molecule has 9 nitrogen and oxygen atoms in total. The van der Waals surface area contributed by atoms with Crippen LogP contribution in [0, 0.1) is 5.82 Å². The van der Waals surface area contributed by atoms with Crippen LogP contribution in [0.3, 0.4) is 0 Å². The number of nitrogens with one attached hydrogen (secondary N) is 1. The van der Waals surface area contributed by atoms with Gasteiger partial charge in [-0.1, -0.05) is 12.1 Å². The van der Waals surface area contributed by atoms with Gasteiger partial charge in [0.2, 0.25) is 11.9 Å². The molecule has 3 N–H and O–H groups in total. The summed E-state index contributed by atoms with van der Waals surface area (Å²) in [5, 5.41) is 7.75. The van der Waals surface area contributed by atoms with Gasteiger partial charge in [-0.15, -0.1) is 5.10 Å². The highest BCUT2D eigenvalue weighted by Gasteiger charge is 2.12. The summed E-state index contributed by atoms with van der Waals surface area (Å²) in [5.41, 5.74) is 9.67. The lowest BCUT2D eigenvalue weighted by Crippen LogP contribution is -2.28. The van der Waals surface area contributed by atoms with Crippen molar-refractivity contribution in [3.05, 3.63) is 72.3 Å². The first-order valence-electron chi connectivity index (χ1n) is 11.0. The average Bonchev–Trinajstić information content (AvgIpc) is 3.24. The van der Waals surface area contributed by atoms with Crippen LogP contribution in [0.15, 0.2) is 60.9 Å². The smallest absolute Gasteiger partial charge is 0.245 e. The summed E-state index contributed by atoms with van der Waals surface area (Å²) < 4.78 is 15.4. The van der Waals surface area contributed by atoms with E-state index >= 15 is 0 Å². The van der Waals surface area contributed by atoms with E-state index in [1.807, 2.05) is 39.3 Å². The largest absolute Gasteiger partial charge is 0.373 e. The molecule has 0 aliphatic carbocycles. The van der Waals surface area contributed by atoms with E-state index in [9.17, 15) is 9.18 Å². The van der Waals surface area contributed by atoms with Crippen LogP contribution in [0.1, 0.15) is 5.56 Å². The van der Waals surface area contributed by atoms with Crippen molar-refractivity contribution in [3.8, 4) is 11.3 Å². The quantitative estimate of drug-likeness (QED) is 0.359. The van der Waals surface area contributed by atoms with E-state index in [2.05, 4.69) is 30.2 Å². The van der Waals surface area contributed by atoms with Crippen LogP contribution in [0.5, 0.6) is 0 Å². The molecular weight excluding hydrogens is 447 g/mol. The van der Waals surface area contributed by atoms with Gasteiger partial charge in [0.1, 0.15) is 5.82 Å². The van der Waals surface area contributed by atoms with Crippen LogP contribution in [-0.4, -0.2) is 64.6 Å². The van der Waals surface area contributed by atoms with Crippen molar-refractivity contribution in [2.45, 2.75) is 0 Å². The third-order valence-corrected chi connectivity index (χ3v) is 5.39. The van der Waals surface area contributed by atoms with Crippen molar-refractivity contribution >= 4 is 35.0 Å². The first-order valence-corrected chi connectivity index (χ1v) is 11.0. The van der Waals surface area contributed by atoms with Crippen molar-refractivity contribution in [3.63, 3.8) is 0 Å². The van der Waals surface area contributed by atoms with Gasteiger partial charge in [0.05, 0.1) is 18.1 Å². The number of anilines is 3. The number of hydrogen-bond donors (Lipinski definition) is 2. The molecule has 10 heteroatoms.